The molecule has 1 N–H and O–H groups in total. The van der Waals surface area contributed by atoms with Gasteiger partial charge in [0.15, 0.2) is 5.11 Å². The maximum Gasteiger partial charge on any atom is 0.235 e. The van der Waals surface area contributed by atoms with Crippen molar-refractivity contribution in [3.63, 3.8) is 0 Å². The molecule has 0 spiro atoms. The molecule has 3 rings (SSSR count). The van der Waals surface area contributed by atoms with Gasteiger partial charge in [-0.25, -0.2) is 0 Å². The van der Waals surface area contributed by atoms with Crippen molar-refractivity contribution in [3.8, 4) is 0 Å². The Morgan fingerprint density at radius 2 is 1.77 bits per heavy atom. The standard InChI is InChI=1S/C16H24Cl2N2OS/c1-13(2)5-10-6-14(3,7-13)9-20(10)12(22)19-11(21)15(4)8-16(15,17)18/h10H,5-9H2,1-4H3,(H,19,21,22)/t10-,14-,15+/m0/s1. The van der Waals surface area contributed by atoms with Crippen LogP contribution in [0.2, 0.25) is 0 Å². The molecule has 6 heteroatoms. The van der Waals surface area contributed by atoms with E-state index in [1.165, 1.54) is 6.42 Å². The summed E-state index contributed by atoms with van der Waals surface area (Å²) in [5, 5.41) is 3.42. The smallest absolute Gasteiger partial charge is 0.235 e. The maximum atomic E-state index is 12.4. The number of amides is 1. The lowest BCUT2D eigenvalue weighted by Gasteiger charge is -2.39. The van der Waals surface area contributed by atoms with Crippen molar-refractivity contribution in [1.29, 1.82) is 0 Å². The molecule has 2 bridgehead atoms. The van der Waals surface area contributed by atoms with E-state index >= 15 is 0 Å². The van der Waals surface area contributed by atoms with Gasteiger partial charge in [-0.05, 0) is 55.7 Å². The van der Waals surface area contributed by atoms with Gasteiger partial charge in [0.1, 0.15) is 4.33 Å². The van der Waals surface area contributed by atoms with E-state index in [1.54, 1.807) is 6.92 Å². The molecule has 2 saturated carbocycles. The summed E-state index contributed by atoms with van der Waals surface area (Å²) in [5.41, 5.74) is -0.110. The summed E-state index contributed by atoms with van der Waals surface area (Å²) in [4.78, 5) is 14.6. The van der Waals surface area contributed by atoms with Crippen molar-refractivity contribution in [3.05, 3.63) is 0 Å². The van der Waals surface area contributed by atoms with E-state index in [1.807, 2.05) is 0 Å². The van der Waals surface area contributed by atoms with Gasteiger partial charge in [-0.15, -0.1) is 23.2 Å². The fourth-order valence-corrected chi connectivity index (χ4v) is 5.66. The SMILES string of the molecule is CC1(C)C[C@H]2C[C@](C)(CN2C(=S)NC(=O)[C@@]2(C)CC2(Cl)Cl)C1. The molecule has 22 heavy (non-hydrogen) atoms. The van der Waals surface area contributed by atoms with E-state index in [0.717, 1.165) is 19.4 Å². The van der Waals surface area contributed by atoms with Crippen LogP contribution in [0.3, 0.4) is 0 Å². The summed E-state index contributed by atoms with van der Waals surface area (Å²) in [6.45, 7) is 9.68. The summed E-state index contributed by atoms with van der Waals surface area (Å²) in [7, 11) is 0. The number of halogens is 2. The van der Waals surface area contributed by atoms with Crippen LogP contribution in [0.25, 0.3) is 0 Å². The molecule has 3 atom stereocenters. The molecule has 0 radical (unpaired) electrons. The van der Waals surface area contributed by atoms with Gasteiger partial charge in [-0.3, -0.25) is 4.79 Å². The Hall–Kier alpha value is -0.0600. The van der Waals surface area contributed by atoms with Crippen LogP contribution in [0.15, 0.2) is 0 Å². The first-order valence-corrected chi connectivity index (χ1v) is 9.04. The van der Waals surface area contributed by atoms with Gasteiger partial charge in [0.05, 0.1) is 5.41 Å². The molecule has 1 aliphatic heterocycles. The molecule has 0 aromatic heterocycles. The zero-order valence-corrected chi connectivity index (χ0v) is 16.0. The second-order valence-corrected chi connectivity index (χ2v) is 10.7. The molecule has 124 valence electrons. The van der Waals surface area contributed by atoms with Crippen LogP contribution in [-0.2, 0) is 4.79 Å². The van der Waals surface area contributed by atoms with E-state index in [-0.39, 0.29) is 11.3 Å². The number of thiocarbonyl (C=S) groups is 1. The van der Waals surface area contributed by atoms with Gasteiger partial charge in [0, 0.05) is 12.6 Å². The highest BCUT2D eigenvalue weighted by Crippen LogP contribution is 2.63. The summed E-state index contributed by atoms with van der Waals surface area (Å²) >= 11 is 17.7. The highest BCUT2D eigenvalue weighted by Gasteiger charge is 2.68. The van der Waals surface area contributed by atoms with Crippen LogP contribution in [0, 0.1) is 16.2 Å². The highest BCUT2D eigenvalue weighted by atomic mass is 35.5. The Bertz CT molecular complexity index is 550. The average Bonchev–Trinajstić information content (AvgIpc) is 2.71. The van der Waals surface area contributed by atoms with E-state index in [2.05, 4.69) is 31.0 Å². The quantitative estimate of drug-likeness (QED) is 0.567. The van der Waals surface area contributed by atoms with Crippen LogP contribution in [0.4, 0.5) is 0 Å². The van der Waals surface area contributed by atoms with Crippen LogP contribution in [0.5, 0.6) is 0 Å². The number of fused-ring (bicyclic) bond motifs is 2. The zero-order valence-electron chi connectivity index (χ0n) is 13.6. The summed E-state index contributed by atoms with van der Waals surface area (Å²) in [6, 6.07) is 0.422. The minimum atomic E-state index is -0.957. The fraction of sp³-hybridized carbons (Fsp3) is 0.875. The lowest BCUT2D eigenvalue weighted by atomic mass is 9.65. The second-order valence-electron chi connectivity index (χ2n) is 8.81. The van der Waals surface area contributed by atoms with Gasteiger partial charge in [-0.2, -0.15) is 0 Å². The molecule has 1 heterocycles. The summed E-state index contributed by atoms with van der Waals surface area (Å²) < 4.78 is -0.957. The first kappa shape index (κ1) is 16.8. The third-order valence-electron chi connectivity index (χ3n) is 5.66. The minimum Gasteiger partial charge on any atom is -0.345 e. The average molecular weight is 363 g/mol. The third-order valence-corrected chi connectivity index (χ3v) is 7.09. The summed E-state index contributed by atoms with van der Waals surface area (Å²) in [6.07, 6.45) is 3.95. The number of carbonyl (C=O) groups excluding carboxylic acids is 1. The number of likely N-dealkylation sites (tertiary alicyclic amines) is 1. The van der Waals surface area contributed by atoms with E-state index in [9.17, 15) is 4.79 Å². The van der Waals surface area contributed by atoms with Gasteiger partial charge >= 0.3 is 0 Å². The maximum absolute atomic E-state index is 12.4. The molecule has 1 saturated heterocycles. The molecule has 0 unspecified atom stereocenters. The predicted molar refractivity (Wildman–Crippen MR) is 94.1 cm³/mol. The van der Waals surface area contributed by atoms with Crippen molar-refractivity contribution in [2.45, 2.75) is 63.8 Å². The second kappa shape index (κ2) is 4.73. The molecular formula is C16H24Cl2N2OS. The van der Waals surface area contributed by atoms with Gasteiger partial charge < -0.3 is 10.2 Å². The zero-order chi connectivity index (χ0) is 16.6. The number of nitrogens with one attached hydrogen (secondary N) is 1. The first-order valence-electron chi connectivity index (χ1n) is 7.88. The minimum absolute atomic E-state index is 0.159. The van der Waals surface area contributed by atoms with E-state index in [0.29, 0.717) is 23.0 Å². The van der Waals surface area contributed by atoms with Gasteiger partial charge in [0.25, 0.3) is 0 Å². The molecule has 0 aromatic carbocycles. The Kier molecular flexibility index (Phi) is 3.61. The molecule has 3 aliphatic rings. The highest BCUT2D eigenvalue weighted by molar-refractivity contribution is 7.80. The molecule has 1 amide bonds. The number of rotatable bonds is 1. The molecule has 3 fully saturated rings. The molecule has 3 nitrogen and oxygen atoms in total. The van der Waals surface area contributed by atoms with Gasteiger partial charge in [-0.1, -0.05) is 20.8 Å². The van der Waals surface area contributed by atoms with Gasteiger partial charge in [0.2, 0.25) is 5.91 Å². The fourth-order valence-electron chi connectivity index (χ4n) is 4.65. The Balaban J connectivity index is 1.68. The van der Waals surface area contributed by atoms with Crippen molar-refractivity contribution in [2.24, 2.45) is 16.2 Å². The van der Waals surface area contributed by atoms with Crippen molar-refractivity contribution >= 4 is 46.4 Å². The Morgan fingerprint density at radius 1 is 1.18 bits per heavy atom. The molecule has 2 aliphatic carbocycles. The number of hydrogen-bond acceptors (Lipinski definition) is 2. The third kappa shape index (κ3) is 2.65. The van der Waals surface area contributed by atoms with Crippen LogP contribution < -0.4 is 5.32 Å². The van der Waals surface area contributed by atoms with Crippen molar-refractivity contribution in [2.75, 3.05) is 6.54 Å². The Morgan fingerprint density at radius 3 is 2.32 bits per heavy atom. The number of carbonyl (C=O) groups is 1. The topological polar surface area (TPSA) is 32.3 Å². The Labute approximate surface area is 148 Å². The van der Waals surface area contributed by atoms with Crippen molar-refractivity contribution < 1.29 is 4.79 Å². The van der Waals surface area contributed by atoms with E-state index < -0.39 is 9.75 Å². The molecule has 0 aromatic rings. The monoisotopic (exact) mass is 362 g/mol. The number of hydrogen-bond donors (Lipinski definition) is 1. The largest absolute Gasteiger partial charge is 0.345 e. The number of nitrogens with zero attached hydrogens (tertiary/aromatic N) is 1. The summed E-state index contributed by atoms with van der Waals surface area (Å²) in [5.74, 6) is -0.159. The lowest BCUT2D eigenvalue weighted by Crippen LogP contribution is -2.48. The van der Waals surface area contributed by atoms with E-state index in [4.69, 9.17) is 35.4 Å². The first-order chi connectivity index (χ1) is 9.88. The van der Waals surface area contributed by atoms with Crippen molar-refractivity contribution in [1.82, 2.24) is 10.2 Å². The van der Waals surface area contributed by atoms with Crippen LogP contribution >= 0.6 is 35.4 Å². The normalized spacial score (nSPS) is 41.2. The lowest BCUT2D eigenvalue weighted by molar-refractivity contribution is -0.124. The van der Waals surface area contributed by atoms with Crippen LogP contribution in [-0.4, -0.2) is 32.8 Å². The molecular weight excluding hydrogens is 339 g/mol. The predicted octanol–water partition coefficient (Wildman–Crippen LogP) is 3.87. The number of alkyl halides is 2. The van der Waals surface area contributed by atoms with Crippen LogP contribution in [0.1, 0.15) is 53.4 Å².